The van der Waals surface area contributed by atoms with Gasteiger partial charge in [-0.05, 0) is 60.2 Å². The Kier molecular flexibility index (Phi) is 5.91. The predicted octanol–water partition coefficient (Wildman–Crippen LogP) is 4.60. The van der Waals surface area contributed by atoms with Crippen molar-refractivity contribution in [3.8, 4) is 34.3 Å². The van der Waals surface area contributed by atoms with Crippen molar-refractivity contribution in [1.29, 1.82) is 0 Å². The third-order valence-electron chi connectivity index (χ3n) is 4.52. The number of benzene rings is 3. The molecule has 0 aliphatic heterocycles. The minimum Gasteiger partial charge on any atom is -0.508 e. The van der Waals surface area contributed by atoms with Crippen LogP contribution in [0.15, 0.2) is 76.1 Å². The van der Waals surface area contributed by atoms with Gasteiger partial charge < -0.3 is 20.1 Å². The van der Waals surface area contributed by atoms with Crippen molar-refractivity contribution in [2.24, 2.45) is 10.1 Å². The van der Waals surface area contributed by atoms with Gasteiger partial charge in [0.1, 0.15) is 17.3 Å². The Morgan fingerprint density at radius 3 is 2.47 bits per heavy atom. The topological polar surface area (TPSA) is 99.6 Å². The molecule has 1 heterocycles. The standard InChI is InChI=1S/C23H18FN3O4S/c1-31-22-10-14(2-9-20(22)29)12-25-27-19(18-8-7-17(28)11-21(18)30)13-32-23(27)26-16-5-3-15(24)4-6-16/h2-13,28-30H,1H3. The maximum Gasteiger partial charge on any atom is 0.211 e. The van der Waals surface area contributed by atoms with Gasteiger partial charge in [0.2, 0.25) is 4.80 Å². The van der Waals surface area contributed by atoms with Crippen molar-refractivity contribution in [2.45, 2.75) is 0 Å². The van der Waals surface area contributed by atoms with E-state index in [4.69, 9.17) is 4.74 Å². The number of ether oxygens (including phenoxy) is 1. The van der Waals surface area contributed by atoms with Crippen LogP contribution in [0.1, 0.15) is 5.56 Å². The maximum absolute atomic E-state index is 13.3. The Balaban J connectivity index is 1.85. The van der Waals surface area contributed by atoms with Crippen molar-refractivity contribution >= 4 is 23.2 Å². The van der Waals surface area contributed by atoms with Crippen LogP contribution in [0.2, 0.25) is 0 Å². The van der Waals surface area contributed by atoms with E-state index in [-0.39, 0.29) is 23.1 Å². The quantitative estimate of drug-likeness (QED) is 0.386. The molecular weight excluding hydrogens is 433 g/mol. The lowest BCUT2D eigenvalue weighted by Gasteiger charge is -2.07. The van der Waals surface area contributed by atoms with Crippen LogP contribution in [0.3, 0.4) is 0 Å². The Bertz CT molecular complexity index is 1360. The van der Waals surface area contributed by atoms with Crippen molar-refractivity contribution in [3.05, 3.63) is 82.2 Å². The molecule has 162 valence electrons. The second kappa shape index (κ2) is 8.94. The van der Waals surface area contributed by atoms with E-state index < -0.39 is 0 Å². The zero-order valence-corrected chi connectivity index (χ0v) is 17.6. The average molecular weight is 451 g/mol. The highest BCUT2D eigenvalue weighted by atomic mass is 32.1. The van der Waals surface area contributed by atoms with Crippen molar-refractivity contribution in [2.75, 3.05) is 7.11 Å². The minimum absolute atomic E-state index is 0.00883. The molecule has 1 aromatic heterocycles. The Hall–Kier alpha value is -4.11. The molecule has 9 heteroatoms. The Morgan fingerprint density at radius 2 is 1.75 bits per heavy atom. The summed E-state index contributed by atoms with van der Waals surface area (Å²) in [5.74, 6) is -0.237. The van der Waals surface area contributed by atoms with Gasteiger partial charge in [0.15, 0.2) is 11.5 Å². The summed E-state index contributed by atoms with van der Waals surface area (Å²) >= 11 is 1.28. The summed E-state index contributed by atoms with van der Waals surface area (Å²) in [5, 5.41) is 36.1. The summed E-state index contributed by atoms with van der Waals surface area (Å²) in [6, 6.07) is 14.8. The molecule has 3 N–H and O–H groups in total. The van der Waals surface area contributed by atoms with Crippen LogP contribution in [0.5, 0.6) is 23.0 Å². The van der Waals surface area contributed by atoms with Crippen LogP contribution in [0.4, 0.5) is 10.1 Å². The first-order chi connectivity index (χ1) is 15.4. The van der Waals surface area contributed by atoms with E-state index in [1.165, 1.54) is 53.5 Å². The molecule has 0 atom stereocenters. The number of halogens is 1. The molecule has 4 aromatic rings. The smallest absolute Gasteiger partial charge is 0.211 e. The largest absolute Gasteiger partial charge is 0.508 e. The van der Waals surface area contributed by atoms with Crippen molar-refractivity contribution in [3.63, 3.8) is 0 Å². The Morgan fingerprint density at radius 1 is 0.969 bits per heavy atom. The van der Waals surface area contributed by atoms with Crippen LogP contribution in [-0.2, 0) is 0 Å². The summed E-state index contributed by atoms with van der Waals surface area (Å²) in [7, 11) is 1.45. The van der Waals surface area contributed by atoms with Crippen LogP contribution >= 0.6 is 11.3 Å². The van der Waals surface area contributed by atoms with Gasteiger partial charge in [-0.15, -0.1) is 11.3 Å². The molecule has 0 bridgehead atoms. The lowest BCUT2D eigenvalue weighted by atomic mass is 10.1. The van der Waals surface area contributed by atoms with Gasteiger partial charge >= 0.3 is 0 Å². The summed E-state index contributed by atoms with van der Waals surface area (Å²) < 4.78 is 19.9. The zero-order chi connectivity index (χ0) is 22.7. The number of rotatable bonds is 5. The number of methoxy groups -OCH3 is 1. The monoisotopic (exact) mass is 451 g/mol. The van der Waals surface area contributed by atoms with Crippen LogP contribution in [-0.4, -0.2) is 33.3 Å². The summed E-state index contributed by atoms with van der Waals surface area (Å²) in [4.78, 5) is 5.01. The first kappa shape index (κ1) is 21.1. The molecule has 0 saturated carbocycles. The lowest BCUT2D eigenvalue weighted by Crippen LogP contribution is -2.11. The molecular formula is C23H18FN3O4S. The number of nitrogens with zero attached hydrogens (tertiary/aromatic N) is 3. The normalized spacial score (nSPS) is 11.9. The van der Waals surface area contributed by atoms with Gasteiger partial charge in [-0.25, -0.2) is 14.1 Å². The van der Waals surface area contributed by atoms with E-state index in [1.807, 2.05) is 0 Å². The van der Waals surface area contributed by atoms with E-state index in [0.717, 1.165) is 0 Å². The molecule has 7 nitrogen and oxygen atoms in total. The van der Waals surface area contributed by atoms with Crippen LogP contribution in [0.25, 0.3) is 11.3 Å². The van der Waals surface area contributed by atoms with Gasteiger partial charge in [-0.2, -0.15) is 5.10 Å². The van der Waals surface area contributed by atoms with Crippen molar-refractivity contribution in [1.82, 2.24) is 4.68 Å². The summed E-state index contributed by atoms with van der Waals surface area (Å²) in [6.07, 6.45) is 1.55. The maximum atomic E-state index is 13.3. The highest BCUT2D eigenvalue weighted by Gasteiger charge is 2.13. The van der Waals surface area contributed by atoms with E-state index >= 15 is 0 Å². The number of aromatic nitrogens is 1. The third-order valence-corrected chi connectivity index (χ3v) is 5.34. The number of hydrogen-bond acceptors (Lipinski definition) is 7. The fourth-order valence-electron chi connectivity index (χ4n) is 2.94. The molecule has 32 heavy (non-hydrogen) atoms. The first-order valence-electron chi connectivity index (χ1n) is 9.39. The SMILES string of the molecule is COc1cc(C=Nn2c(-c3ccc(O)cc3O)csc2=Nc2ccc(F)cc2)ccc1O. The number of hydrogen-bond donors (Lipinski definition) is 3. The number of phenols is 3. The minimum atomic E-state index is -0.364. The number of aromatic hydroxyl groups is 3. The predicted molar refractivity (Wildman–Crippen MR) is 120 cm³/mol. The third kappa shape index (κ3) is 4.47. The van der Waals surface area contributed by atoms with E-state index in [1.54, 1.807) is 41.9 Å². The highest BCUT2D eigenvalue weighted by molar-refractivity contribution is 7.07. The van der Waals surface area contributed by atoms with Gasteiger partial charge in [0, 0.05) is 17.0 Å². The van der Waals surface area contributed by atoms with Gasteiger partial charge in [-0.1, -0.05) is 0 Å². The van der Waals surface area contributed by atoms with E-state index in [2.05, 4.69) is 10.1 Å². The molecule has 0 fully saturated rings. The molecule has 0 unspecified atom stereocenters. The molecule has 0 spiro atoms. The molecule has 0 aliphatic carbocycles. The molecule has 3 aromatic carbocycles. The Labute approximate surface area is 186 Å². The molecule has 0 aliphatic rings. The second-order valence-electron chi connectivity index (χ2n) is 6.68. The number of thiazole rings is 1. The van der Waals surface area contributed by atoms with Gasteiger partial charge in [0.25, 0.3) is 0 Å². The average Bonchev–Trinajstić information content (AvgIpc) is 3.16. The van der Waals surface area contributed by atoms with E-state index in [0.29, 0.717) is 33.1 Å². The number of phenolic OH excluding ortho intramolecular Hbond substituents is 3. The molecule has 4 rings (SSSR count). The highest BCUT2D eigenvalue weighted by Crippen LogP contribution is 2.32. The van der Waals surface area contributed by atoms with E-state index in [9.17, 15) is 19.7 Å². The second-order valence-corrected chi connectivity index (χ2v) is 7.52. The van der Waals surface area contributed by atoms with Crippen LogP contribution < -0.4 is 9.54 Å². The van der Waals surface area contributed by atoms with Crippen molar-refractivity contribution < 1.29 is 24.4 Å². The molecule has 0 radical (unpaired) electrons. The fourth-order valence-corrected chi connectivity index (χ4v) is 3.78. The van der Waals surface area contributed by atoms with Gasteiger partial charge in [-0.3, -0.25) is 0 Å². The summed E-state index contributed by atoms with van der Waals surface area (Å²) in [6.45, 7) is 0. The molecule has 0 amide bonds. The van der Waals surface area contributed by atoms with Gasteiger partial charge in [0.05, 0.1) is 24.7 Å². The zero-order valence-electron chi connectivity index (χ0n) is 16.8. The molecule has 0 saturated heterocycles. The first-order valence-corrected chi connectivity index (χ1v) is 10.3. The lowest BCUT2D eigenvalue weighted by molar-refractivity contribution is 0.373. The van der Waals surface area contributed by atoms with Crippen LogP contribution in [0, 0.1) is 5.82 Å². The fraction of sp³-hybridized carbons (Fsp3) is 0.0435. The summed E-state index contributed by atoms with van der Waals surface area (Å²) in [5.41, 5.74) is 2.17.